The lowest BCUT2D eigenvalue weighted by molar-refractivity contribution is -0.0664. The number of nitrogens with zero attached hydrogens (tertiary/aromatic N) is 3. The molecule has 0 bridgehead atoms. The summed E-state index contributed by atoms with van der Waals surface area (Å²) in [6.07, 6.45) is 2.80. The van der Waals surface area contributed by atoms with Crippen LogP contribution in [0.5, 0.6) is 0 Å². The van der Waals surface area contributed by atoms with E-state index in [0.29, 0.717) is 32.1 Å². The maximum absolute atomic E-state index is 12.4. The van der Waals surface area contributed by atoms with Crippen molar-refractivity contribution in [3.05, 3.63) is 12.3 Å². The lowest BCUT2D eigenvalue weighted by Crippen LogP contribution is -2.51. The number of urea groups is 1. The van der Waals surface area contributed by atoms with Crippen LogP contribution in [0.25, 0.3) is 0 Å². The lowest BCUT2D eigenvalue weighted by Gasteiger charge is -2.39. The van der Waals surface area contributed by atoms with Crippen LogP contribution >= 0.6 is 0 Å². The van der Waals surface area contributed by atoms with Gasteiger partial charge in [-0.1, -0.05) is 20.8 Å². The summed E-state index contributed by atoms with van der Waals surface area (Å²) in [5.74, 6) is 0.575. The van der Waals surface area contributed by atoms with E-state index in [0.717, 1.165) is 13.0 Å². The van der Waals surface area contributed by atoms with Crippen LogP contribution in [0.3, 0.4) is 0 Å². The maximum atomic E-state index is 12.4. The molecule has 1 aliphatic rings. The second-order valence-corrected chi connectivity index (χ2v) is 6.91. The summed E-state index contributed by atoms with van der Waals surface area (Å²) in [6.45, 7) is 9.62. The molecule has 130 valence electrons. The molecular weight excluding hydrogens is 296 g/mol. The number of methoxy groups -OCH3 is 1. The Morgan fingerprint density at radius 3 is 3.00 bits per heavy atom. The van der Waals surface area contributed by atoms with Crippen molar-refractivity contribution in [2.24, 2.45) is 5.41 Å². The number of morpholine rings is 1. The number of carbonyl (C=O) groups is 1. The Hall–Kier alpha value is -1.60. The van der Waals surface area contributed by atoms with Gasteiger partial charge in [-0.2, -0.15) is 5.10 Å². The van der Waals surface area contributed by atoms with Crippen LogP contribution in [-0.4, -0.2) is 60.2 Å². The predicted octanol–water partition coefficient (Wildman–Crippen LogP) is 2.20. The van der Waals surface area contributed by atoms with Gasteiger partial charge >= 0.3 is 6.03 Å². The predicted molar refractivity (Wildman–Crippen MR) is 88.5 cm³/mol. The highest BCUT2D eigenvalue weighted by molar-refractivity contribution is 5.88. The van der Waals surface area contributed by atoms with Crippen molar-refractivity contribution in [3.8, 4) is 0 Å². The number of nitrogens with one attached hydrogen (secondary N) is 1. The Kier molecular flexibility index (Phi) is 6.01. The number of ether oxygens (including phenoxy) is 2. The minimum absolute atomic E-state index is 0.0158. The van der Waals surface area contributed by atoms with Crippen molar-refractivity contribution >= 4 is 11.8 Å². The molecule has 2 rings (SSSR count). The normalized spacial score (nSPS) is 19.0. The monoisotopic (exact) mass is 324 g/mol. The average molecular weight is 324 g/mol. The SMILES string of the molecule is COCCCn1ccc(NC(=O)N2CCOC(C(C)(C)C)C2)n1. The first-order valence-electron chi connectivity index (χ1n) is 8.10. The second-order valence-electron chi connectivity index (χ2n) is 6.91. The number of aryl methyl sites for hydroxylation is 1. The summed E-state index contributed by atoms with van der Waals surface area (Å²) in [6, 6.07) is 1.69. The number of aromatic nitrogens is 2. The van der Waals surface area contributed by atoms with Gasteiger partial charge in [0.15, 0.2) is 5.82 Å². The number of rotatable bonds is 5. The summed E-state index contributed by atoms with van der Waals surface area (Å²) >= 11 is 0. The third-order valence-corrected chi connectivity index (χ3v) is 3.93. The first-order valence-corrected chi connectivity index (χ1v) is 8.10. The van der Waals surface area contributed by atoms with Gasteiger partial charge in [0.2, 0.25) is 0 Å². The van der Waals surface area contributed by atoms with Gasteiger partial charge in [-0.3, -0.25) is 10.00 Å². The molecule has 1 aliphatic heterocycles. The number of anilines is 1. The molecule has 1 fully saturated rings. The van der Waals surface area contributed by atoms with E-state index in [1.165, 1.54) is 0 Å². The summed E-state index contributed by atoms with van der Waals surface area (Å²) in [5, 5.41) is 7.22. The molecule has 0 aliphatic carbocycles. The largest absolute Gasteiger partial charge is 0.385 e. The first kappa shape index (κ1) is 17.7. The standard InChI is InChI=1S/C16H28N4O3/c1-16(2,3)13-12-19(9-11-23-13)15(21)17-14-6-8-20(18-14)7-5-10-22-4/h6,8,13H,5,7,9-12H2,1-4H3,(H,17,18,21). The minimum atomic E-state index is -0.121. The Balaban J connectivity index is 1.86. The van der Waals surface area contributed by atoms with Crippen LogP contribution in [-0.2, 0) is 16.0 Å². The third kappa shape index (κ3) is 5.21. The number of carbonyl (C=O) groups excluding carboxylic acids is 1. The molecule has 1 saturated heterocycles. The van der Waals surface area contributed by atoms with Crippen LogP contribution in [0.1, 0.15) is 27.2 Å². The lowest BCUT2D eigenvalue weighted by atomic mass is 9.88. The van der Waals surface area contributed by atoms with Crippen molar-refractivity contribution in [3.63, 3.8) is 0 Å². The van der Waals surface area contributed by atoms with Gasteiger partial charge in [0.25, 0.3) is 0 Å². The molecule has 1 atom stereocenters. The first-order chi connectivity index (χ1) is 10.9. The number of hydrogen-bond acceptors (Lipinski definition) is 4. The van der Waals surface area contributed by atoms with E-state index in [2.05, 4.69) is 31.2 Å². The van der Waals surface area contributed by atoms with Gasteiger partial charge in [0.1, 0.15) is 0 Å². The Labute approximate surface area is 137 Å². The van der Waals surface area contributed by atoms with Gasteiger partial charge in [-0.15, -0.1) is 0 Å². The molecule has 1 aromatic rings. The van der Waals surface area contributed by atoms with E-state index in [1.807, 2.05) is 16.9 Å². The zero-order valence-electron chi connectivity index (χ0n) is 14.5. The fourth-order valence-electron chi connectivity index (χ4n) is 2.47. The van der Waals surface area contributed by atoms with E-state index in [1.54, 1.807) is 12.0 Å². The smallest absolute Gasteiger partial charge is 0.323 e. The summed E-state index contributed by atoms with van der Waals surface area (Å²) < 4.78 is 12.6. The molecule has 1 aromatic heterocycles. The minimum Gasteiger partial charge on any atom is -0.385 e. The molecule has 7 heteroatoms. The van der Waals surface area contributed by atoms with Gasteiger partial charge in [0, 0.05) is 45.6 Å². The molecule has 0 radical (unpaired) electrons. The maximum Gasteiger partial charge on any atom is 0.323 e. The summed E-state index contributed by atoms with van der Waals surface area (Å²) in [4.78, 5) is 14.2. The van der Waals surface area contributed by atoms with E-state index in [-0.39, 0.29) is 17.6 Å². The van der Waals surface area contributed by atoms with Gasteiger partial charge < -0.3 is 14.4 Å². The Morgan fingerprint density at radius 1 is 1.52 bits per heavy atom. The summed E-state index contributed by atoms with van der Waals surface area (Å²) in [7, 11) is 1.68. The molecule has 0 saturated carbocycles. The van der Waals surface area contributed by atoms with Crippen LogP contribution < -0.4 is 5.32 Å². The van der Waals surface area contributed by atoms with E-state index < -0.39 is 0 Å². The molecule has 2 heterocycles. The fourth-order valence-corrected chi connectivity index (χ4v) is 2.47. The van der Waals surface area contributed by atoms with Crippen molar-refractivity contribution in [1.82, 2.24) is 14.7 Å². The third-order valence-electron chi connectivity index (χ3n) is 3.93. The molecule has 2 amide bonds. The topological polar surface area (TPSA) is 68.6 Å². The zero-order chi connectivity index (χ0) is 16.9. The highest BCUT2D eigenvalue weighted by atomic mass is 16.5. The van der Waals surface area contributed by atoms with Gasteiger partial charge in [-0.25, -0.2) is 4.79 Å². The summed E-state index contributed by atoms with van der Waals surface area (Å²) in [5.41, 5.74) is 0.0158. The van der Waals surface area contributed by atoms with E-state index in [4.69, 9.17) is 9.47 Å². The van der Waals surface area contributed by atoms with Crippen LogP contribution in [0, 0.1) is 5.41 Å². The average Bonchev–Trinajstić information content (AvgIpc) is 2.94. The van der Waals surface area contributed by atoms with Crippen LogP contribution in [0.4, 0.5) is 10.6 Å². The van der Waals surface area contributed by atoms with Gasteiger partial charge in [-0.05, 0) is 11.8 Å². The molecule has 1 N–H and O–H groups in total. The van der Waals surface area contributed by atoms with Crippen LogP contribution in [0.15, 0.2) is 12.3 Å². The quantitative estimate of drug-likeness (QED) is 0.843. The van der Waals surface area contributed by atoms with Crippen LogP contribution in [0.2, 0.25) is 0 Å². The molecule has 1 unspecified atom stereocenters. The van der Waals surface area contributed by atoms with Crippen molar-refractivity contribution < 1.29 is 14.3 Å². The molecule has 7 nitrogen and oxygen atoms in total. The number of hydrogen-bond donors (Lipinski definition) is 1. The Morgan fingerprint density at radius 2 is 2.30 bits per heavy atom. The highest BCUT2D eigenvalue weighted by Gasteiger charge is 2.32. The molecule has 23 heavy (non-hydrogen) atoms. The Bertz CT molecular complexity index is 510. The fraction of sp³-hybridized carbons (Fsp3) is 0.750. The zero-order valence-corrected chi connectivity index (χ0v) is 14.5. The number of amides is 2. The molecule has 0 spiro atoms. The van der Waals surface area contributed by atoms with Crippen molar-refractivity contribution in [1.29, 1.82) is 0 Å². The van der Waals surface area contributed by atoms with Crippen molar-refractivity contribution in [2.75, 3.05) is 38.7 Å². The van der Waals surface area contributed by atoms with Gasteiger partial charge in [0.05, 0.1) is 12.7 Å². The molecular formula is C16H28N4O3. The highest BCUT2D eigenvalue weighted by Crippen LogP contribution is 2.25. The van der Waals surface area contributed by atoms with E-state index >= 15 is 0 Å². The molecule has 0 aromatic carbocycles. The second kappa shape index (κ2) is 7.79. The van der Waals surface area contributed by atoms with Crippen molar-refractivity contribution in [2.45, 2.75) is 39.8 Å². The van der Waals surface area contributed by atoms with E-state index in [9.17, 15) is 4.79 Å².